The van der Waals surface area contributed by atoms with Crippen LogP contribution in [0.5, 0.6) is 5.75 Å². The Hall–Kier alpha value is -1.46. The first kappa shape index (κ1) is 18.9. The molecule has 0 aliphatic carbocycles. The van der Waals surface area contributed by atoms with Gasteiger partial charge in [-0.2, -0.15) is 0 Å². The topological polar surface area (TPSA) is 50.8 Å². The maximum absolute atomic E-state index is 12.2. The average molecular weight is 355 g/mol. The second-order valence-corrected chi connectivity index (χ2v) is 6.61. The number of nitrogens with one attached hydrogen (secondary N) is 1. The fraction of sp³-hybridized carbons (Fsp3) is 0.611. The van der Waals surface area contributed by atoms with E-state index in [-0.39, 0.29) is 6.03 Å². The molecule has 0 bridgehead atoms. The molecule has 1 aromatic carbocycles. The summed E-state index contributed by atoms with van der Waals surface area (Å²) in [4.78, 5) is 13.8. The monoisotopic (exact) mass is 354 g/mol. The molecule has 1 fully saturated rings. The number of halogens is 1. The molecule has 2 amide bonds. The predicted molar refractivity (Wildman–Crippen MR) is 95.7 cm³/mol. The van der Waals surface area contributed by atoms with Crippen LogP contribution >= 0.6 is 11.6 Å². The summed E-state index contributed by atoms with van der Waals surface area (Å²) in [6.07, 6.45) is 5.93. The number of hydrogen-bond donors (Lipinski definition) is 1. The minimum absolute atomic E-state index is 0.0888. The minimum Gasteiger partial charge on any atom is -0.496 e. The van der Waals surface area contributed by atoms with Gasteiger partial charge in [-0.1, -0.05) is 11.6 Å². The van der Waals surface area contributed by atoms with E-state index in [9.17, 15) is 4.79 Å². The number of benzene rings is 1. The third-order valence-corrected chi connectivity index (χ3v) is 4.48. The highest BCUT2D eigenvalue weighted by Crippen LogP contribution is 2.23. The SMILES string of the molecule is COc1ccc(Cl)cc1CN(C)C(=O)NCCCCC1CCCO1. The number of amides is 2. The second kappa shape index (κ2) is 9.74. The molecule has 1 saturated heterocycles. The molecule has 0 saturated carbocycles. The molecule has 1 atom stereocenters. The number of urea groups is 1. The summed E-state index contributed by atoms with van der Waals surface area (Å²) in [6, 6.07) is 5.33. The summed E-state index contributed by atoms with van der Waals surface area (Å²) in [5.41, 5.74) is 0.890. The second-order valence-electron chi connectivity index (χ2n) is 6.17. The fourth-order valence-corrected chi connectivity index (χ4v) is 3.09. The van der Waals surface area contributed by atoms with E-state index in [0.29, 0.717) is 24.2 Å². The Morgan fingerprint density at radius 2 is 2.29 bits per heavy atom. The summed E-state index contributed by atoms with van der Waals surface area (Å²) in [6.45, 7) is 2.03. The molecule has 1 N–H and O–H groups in total. The number of hydrogen-bond acceptors (Lipinski definition) is 3. The van der Waals surface area contributed by atoms with Gasteiger partial charge in [-0.05, 0) is 50.3 Å². The van der Waals surface area contributed by atoms with Gasteiger partial charge in [-0.15, -0.1) is 0 Å². The van der Waals surface area contributed by atoms with Crippen LogP contribution in [-0.4, -0.2) is 44.3 Å². The first-order valence-corrected chi connectivity index (χ1v) is 8.91. The Morgan fingerprint density at radius 3 is 3.00 bits per heavy atom. The van der Waals surface area contributed by atoms with Crippen molar-refractivity contribution in [3.63, 3.8) is 0 Å². The Bertz CT molecular complexity index is 533. The maximum atomic E-state index is 12.2. The highest BCUT2D eigenvalue weighted by Gasteiger charge is 2.15. The van der Waals surface area contributed by atoms with Gasteiger partial charge in [0.05, 0.1) is 19.8 Å². The van der Waals surface area contributed by atoms with E-state index in [1.54, 1.807) is 25.1 Å². The van der Waals surface area contributed by atoms with Gasteiger partial charge in [0.1, 0.15) is 5.75 Å². The van der Waals surface area contributed by atoms with Crippen LogP contribution in [0.4, 0.5) is 4.79 Å². The molecule has 0 spiro atoms. The first-order chi connectivity index (χ1) is 11.6. The highest BCUT2D eigenvalue weighted by molar-refractivity contribution is 6.30. The van der Waals surface area contributed by atoms with Crippen LogP contribution in [0.2, 0.25) is 5.02 Å². The molecule has 1 unspecified atom stereocenters. The first-order valence-electron chi connectivity index (χ1n) is 8.53. The molecule has 24 heavy (non-hydrogen) atoms. The Kier molecular flexibility index (Phi) is 7.66. The number of carbonyl (C=O) groups excluding carboxylic acids is 1. The number of carbonyl (C=O) groups is 1. The van der Waals surface area contributed by atoms with E-state index < -0.39 is 0 Å². The standard InChI is InChI=1S/C18H27ClN2O3/c1-21(13-14-12-15(19)8-9-17(14)23-2)18(22)20-10-4-3-6-16-7-5-11-24-16/h8-9,12,16H,3-7,10-11,13H2,1-2H3,(H,20,22). The third-order valence-electron chi connectivity index (χ3n) is 4.25. The summed E-state index contributed by atoms with van der Waals surface area (Å²) >= 11 is 6.02. The van der Waals surface area contributed by atoms with Crippen molar-refractivity contribution in [1.29, 1.82) is 0 Å². The molecule has 5 nitrogen and oxygen atoms in total. The normalized spacial score (nSPS) is 16.9. The molecule has 134 valence electrons. The molecule has 1 aliphatic heterocycles. The average Bonchev–Trinajstić information content (AvgIpc) is 3.08. The van der Waals surface area contributed by atoms with Gasteiger partial charge in [0, 0.05) is 30.8 Å². The molecule has 0 aromatic heterocycles. The van der Waals surface area contributed by atoms with Crippen molar-refractivity contribution in [1.82, 2.24) is 10.2 Å². The van der Waals surface area contributed by atoms with Crippen molar-refractivity contribution in [2.24, 2.45) is 0 Å². The van der Waals surface area contributed by atoms with Gasteiger partial charge in [-0.3, -0.25) is 0 Å². The lowest BCUT2D eigenvalue weighted by Crippen LogP contribution is -2.37. The minimum atomic E-state index is -0.0888. The zero-order valence-corrected chi connectivity index (χ0v) is 15.3. The molecule has 6 heteroatoms. The lowest BCUT2D eigenvalue weighted by atomic mass is 10.1. The molecular formula is C18H27ClN2O3. The van der Waals surface area contributed by atoms with Crippen LogP contribution in [0, 0.1) is 0 Å². The Balaban J connectivity index is 1.69. The lowest BCUT2D eigenvalue weighted by molar-refractivity contribution is 0.102. The molecule has 2 rings (SSSR count). The number of nitrogens with zero attached hydrogens (tertiary/aromatic N) is 1. The fourth-order valence-electron chi connectivity index (χ4n) is 2.90. The number of unbranched alkanes of at least 4 members (excludes halogenated alkanes) is 1. The van der Waals surface area contributed by atoms with E-state index in [1.807, 2.05) is 12.1 Å². The molecule has 1 aromatic rings. The van der Waals surface area contributed by atoms with Crippen LogP contribution in [0.3, 0.4) is 0 Å². The van der Waals surface area contributed by atoms with Crippen molar-refractivity contribution in [3.05, 3.63) is 28.8 Å². The molecule has 0 radical (unpaired) electrons. The number of ether oxygens (including phenoxy) is 2. The number of rotatable bonds is 8. The highest BCUT2D eigenvalue weighted by atomic mass is 35.5. The van der Waals surface area contributed by atoms with Gasteiger partial charge in [0.2, 0.25) is 0 Å². The van der Waals surface area contributed by atoms with Crippen molar-refractivity contribution >= 4 is 17.6 Å². The van der Waals surface area contributed by atoms with Gasteiger partial charge < -0.3 is 19.7 Å². The largest absolute Gasteiger partial charge is 0.496 e. The van der Waals surface area contributed by atoms with Crippen molar-refractivity contribution in [2.75, 3.05) is 27.3 Å². The summed E-state index contributed by atoms with van der Waals surface area (Å²) in [5.74, 6) is 0.732. The summed E-state index contributed by atoms with van der Waals surface area (Å²) in [7, 11) is 3.38. The van der Waals surface area contributed by atoms with Crippen molar-refractivity contribution < 1.29 is 14.3 Å². The quantitative estimate of drug-likeness (QED) is 0.721. The van der Waals surface area contributed by atoms with Gasteiger partial charge in [0.15, 0.2) is 0 Å². The zero-order valence-electron chi connectivity index (χ0n) is 14.5. The van der Waals surface area contributed by atoms with Crippen molar-refractivity contribution in [3.8, 4) is 5.75 Å². The van der Waals surface area contributed by atoms with Crippen LogP contribution in [-0.2, 0) is 11.3 Å². The molecule has 1 aliphatic rings. The predicted octanol–water partition coefficient (Wildman–Crippen LogP) is 3.84. The maximum Gasteiger partial charge on any atom is 0.317 e. The van der Waals surface area contributed by atoms with Gasteiger partial charge >= 0.3 is 6.03 Å². The number of methoxy groups -OCH3 is 1. The Labute approximate surface area is 149 Å². The third kappa shape index (κ3) is 5.87. The van der Waals surface area contributed by atoms with Crippen molar-refractivity contribution in [2.45, 2.75) is 44.8 Å². The van der Waals surface area contributed by atoms with Crippen LogP contribution in [0.1, 0.15) is 37.7 Å². The van der Waals surface area contributed by atoms with Gasteiger partial charge in [-0.25, -0.2) is 4.79 Å². The lowest BCUT2D eigenvalue weighted by Gasteiger charge is -2.19. The zero-order chi connectivity index (χ0) is 17.4. The van der Waals surface area contributed by atoms with Crippen LogP contribution < -0.4 is 10.1 Å². The Morgan fingerprint density at radius 1 is 1.46 bits per heavy atom. The smallest absolute Gasteiger partial charge is 0.317 e. The van der Waals surface area contributed by atoms with E-state index in [0.717, 1.165) is 37.2 Å². The van der Waals surface area contributed by atoms with Crippen LogP contribution in [0.15, 0.2) is 18.2 Å². The summed E-state index contributed by atoms with van der Waals surface area (Å²) < 4.78 is 10.9. The van der Waals surface area contributed by atoms with Gasteiger partial charge in [0.25, 0.3) is 0 Å². The van der Waals surface area contributed by atoms with E-state index >= 15 is 0 Å². The van der Waals surface area contributed by atoms with E-state index in [4.69, 9.17) is 21.1 Å². The van der Waals surface area contributed by atoms with E-state index in [2.05, 4.69) is 5.32 Å². The molecular weight excluding hydrogens is 328 g/mol. The van der Waals surface area contributed by atoms with E-state index in [1.165, 1.54) is 12.8 Å². The summed E-state index contributed by atoms with van der Waals surface area (Å²) in [5, 5.41) is 3.59. The molecule has 1 heterocycles. The van der Waals surface area contributed by atoms with Crippen LogP contribution in [0.25, 0.3) is 0 Å².